The summed E-state index contributed by atoms with van der Waals surface area (Å²) in [4.78, 5) is 10.9. The van der Waals surface area contributed by atoms with Crippen molar-refractivity contribution in [3.63, 3.8) is 0 Å². The second kappa shape index (κ2) is 6.82. The second-order valence-corrected chi connectivity index (χ2v) is 4.36. The lowest BCUT2D eigenvalue weighted by molar-refractivity contribution is 0.0696. The molecule has 0 radical (unpaired) electrons. The Morgan fingerprint density at radius 2 is 1.65 bits per heavy atom. The normalized spacial score (nSPS) is 10.1. The van der Waals surface area contributed by atoms with Crippen molar-refractivity contribution in [2.75, 3.05) is 13.2 Å². The lowest BCUT2D eigenvalue weighted by atomic mass is 10.2. The number of carboxylic acids is 1. The average molecular weight is 293 g/mol. The van der Waals surface area contributed by atoms with Crippen LogP contribution in [-0.4, -0.2) is 24.3 Å². The Morgan fingerprint density at radius 3 is 2.30 bits per heavy atom. The summed E-state index contributed by atoms with van der Waals surface area (Å²) in [6.07, 6.45) is 0. The Morgan fingerprint density at radius 1 is 1.00 bits per heavy atom. The molecule has 2 aromatic rings. The molecule has 0 fully saturated rings. The molecule has 0 atom stereocenters. The molecule has 104 valence electrons. The number of aromatic carboxylic acids is 1. The fourth-order valence-corrected chi connectivity index (χ4v) is 1.79. The van der Waals surface area contributed by atoms with E-state index in [0.29, 0.717) is 19.0 Å². The van der Waals surface area contributed by atoms with Gasteiger partial charge in [0.1, 0.15) is 24.7 Å². The lowest BCUT2D eigenvalue weighted by Gasteiger charge is -2.09. The average Bonchev–Trinajstić information content (AvgIpc) is 2.46. The smallest absolute Gasteiger partial charge is 0.337 e. The molecular weight excluding hydrogens is 280 g/mol. The van der Waals surface area contributed by atoms with Gasteiger partial charge in [0.25, 0.3) is 0 Å². The van der Waals surface area contributed by atoms with Crippen molar-refractivity contribution in [2.45, 2.75) is 0 Å². The van der Waals surface area contributed by atoms with Gasteiger partial charge in [0.15, 0.2) is 0 Å². The summed E-state index contributed by atoms with van der Waals surface area (Å²) in [6.45, 7) is 0.685. The van der Waals surface area contributed by atoms with Crippen LogP contribution in [0.1, 0.15) is 10.4 Å². The molecule has 0 unspecified atom stereocenters. The number of carbonyl (C=O) groups is 1. The highest BCUT2D eigenvalue weighted by atomic mass is 35.5. The molecule has 20 heavy (non-hydrogen) atoms. The van der Waals surface area contributed by atoms with E-state index in [1.165, 1.54) is 12.1 Å². The standard InChI is InChI=1S/C15H13ClO4/c16-14-7-6-12(10-13(14)15(17)18)20-9-8-19-11-4-2-1-3-5-11/h1-7,10H,8-9H2,(H,17,18). The number of para-hydroxylation sites is 1. The molecule has 5 heteroatoms. The first-order chi connectivity index (χ1) is 9.66. The van der Waals surface area contributed by atoms with Gasteiger partial charge in [-0.05, 0) is 30.3 Å². The Balaban J connectivity index is 1.85. The zero-order valence-electron chi connectivity index (χ0n) is 10.6. The molecule has 0 amide bonds. The van der Waals surface area contributed by atoms with Gasteiger partial charge in [-0.15, -0.1) is 0 Å². The van der Waals surface area contributed by atoms with Crippen LogP contribution in [0, 0.1) is 0 Å². The molecule has 2 aromatic carbocycles. The Bertz CT molecular complexity index is 584. The highest BCUT2D eigenvalue weighted by Crippen LogP contribution is 2.22. The SMILES string of the molecule is O=C(O)c1cc(OCCOc2ccccc2)ccc1Cl. The number of carboxylic acid groups (broad SMARTS) is 1. The zero-order valence-corrected chi connectivity index (χ0v) is 11.3. The van der Waals surface area contributed by atoms with E-state index in [0.717, 1.165) is 5.75 Å². The molecule has 4 nitrogen and oxygen atoms in total. The molecule has 0 saturated heterocycles. The van der Waals surface area contributed by atoms with Crippen molar-refractivity contribution in [1.29, 1.82) is 0 Å². The quantitative estimate of drug-likeness (QED) is 0.828. The fourth-order valence-electron chi connectivity index (χ4n) is 1.59. The molecule has 0 aliphatic heterocycles. The molecule has 0 saturated carbocycles. The van der Waals surface area contributed by atoms with Gasteiger partial charge < -0.3 is 14.6 Å². The van der Waals surface area contributed by atoms with Crippen LogP contribution in [0.3, 0.4) is 0 Å². The van der Waals surface area contributed by atoms with Crippen molar-refractivity contribution in [3.8, 4) is 11.5 Å². The lowest BCUT2D eigenvalue weighted by Crippen LogP contribution is -2.09. The van der Waals surface area contributed by atoms with E-state index in [-0.39, 0.29) is 10.6 Å². The summed E-state index contributed by atoms with van der Waals surface area (Å²) >= 11 is 5.77. The number of ether oxygens (including phenoxy) is 2. The maximum Gasteiger partial charge on any atom is 0.337 e. The van der Waals surface area contributed by atoms with Crippen LogP contribution in [-0.2, 0) is 0 Å². The minimum absolute atomic E-state index is 0.0214. The van der Waals surface area contributed by atoms with Gasteiger partial charge in [-0.25, -0.2) is 4.79 Å². The van der Waals surface area contributed by atoms with E-state index in [1.54, 1.807) is 6.07 Å². The Hall–Kier alpha value is -2.20. The van der Waals surface area contributed by atoms with Gasteiger partial charge in [-0.1, -0.05) is 29.8 Å². The van der Waals surface area contributed by atoms with E-state index in [9.17, 15) is 4.79 Å². The number of benzene rings is 2. The fraction of sp³-hybridized carbons (Fsp3) is 0.133. The van der Waals surface area contributed by atoms with Crippen LogP contribution < -0.4 is 9.47 Å². The number of halogens is 1. The van der Waals surface area contributed by atoms with Gasteiger partial charge in [-0.3, -0.25) is 0 Å². The summed E-state index contributed by atoms with van der Waals surface area (Å²) < 4.78 is 10.9. The highest BCUT2D eigenvalue weighted by molar-refractivity contribution is 6.33. The summed E-state index contributed by atoms with van der Waals surface area (Å²) in [5.74, 6) is 0.128. The molecule has 0 aliphatic carbocycles. The predicted octanol–water partition coefficient (Wildman–Crippen LogP) is 3.50. The topological polar surface area (TPSA) is 55.8 Å². The van der Waals surface area contributed by atoms with E-state index in [4.69, 9.17) is 26.2 Å². The highest BCUT2D eigenvalue weighted by Gasteiger charge is 2.09. The maximum atomic E-state index is 10.9. The Kier molecular flexibility index (Phi) is 4.85. The van der Waals surface area contributed by atoms with Gasteiger partial charge in [0.05, 0.1) is 10.6 Å². The van der Waals surface area contributed by atoms with Crippen LogP contribution in [0.2, 0.25) is 5.02 Å². The first kappa shape index (κ1) is 14.2. The molecule has 0 bridgehead atoms. The molecular formula is C15H13ClO4. The third kappa shape index (κ3) is 3.90. The molecule has 1 N–H and O–H groups in total. The van der Waals surface area contributed by atoms with Crippen molar-refractivity contribution in [2.24, 2.45) is 0 Å². The molecule has 0 heterocycles. The van der Waals surface area contributed by atoms with Crippen LogP contribution in [0.5, 0.6) is 11.5 Å². The third-order valence-corrected chi connectivity index (χ3v) is 2.86. The first-order valence-electron chi connectivity index (χ1n) is 6.00. The number of hydrogen-bond acceptors (Lipinski definition) is 3. The van der Waals surface area contributed by atoms with E-state index in [2.05, 4.69) is 0 Å². The minimum Gasteiger partial charge on any atom is -0.490 e. The van der Waals surface area contributed by atoms with E-state index >= 15 is 0 Å². The van der Waals surface area contributed by atoms with Crippen molar-refractivity contribution in [3.05, 3.63) is 59.1 Å². The van der Waals surface area contributed by atoms with Crippen molar-refractivity contribution in [1.82, 2.24) is 0 Å². The van der Waals surface area contributed by atoms with Gasteiger partial charge >= 0.3 is 5.97 Å². The van der Waals surface area contributed by atoms with Crippen LogP contribution in [0.15, 0.2) is 48.5 Å². The predicted molar refractivity (Wildman–Crippen MR) is 75.8 cm³/mol. The Labute approximate surface area is 121 Å². The number of hydrogen-bond donors (Lipinski definition) is 1. The van der Waals surface area contributed by atoms with Gasteiger partial charge in [0.2, 0.25) is 0 Å². The second-order valence-electron chi connectivity index (χ2n) is 3.96. The van der Waals surface area contributed by atoms with Crippen molar-refractivity contribution >= 4 is 17.6 Å². The molecule has 0 spiro atoms. The zero-order chi connectivity index (χ0) is 14.4. The van der Waals surface area contributed by atoms with E-state index < -0.39 is 5.97 Å². The summed E-state index contributed by atoms with van der Waals surface area (Å²) in [7, 11) is 0. The van der Waals surface area contributed by atoms with Crippen molar-refractivity contribution < 1.29 is 19.4 Å². The molecule has 0 aromatic heterocycles. The minimum atomic E-state index is -1.08. The van der Waals surface area contributed by atoms with E-state index in [1.807, 2.05) is 30.3 Å². The summed E-state index contributed by atoms with van der Waals surface area (Å²) in [5.41, 5.74) is 0.0214. The largest absolute Gasteiger partial charge is 0.490 e. The van der Waals surface area contributed by atoms with Gasteiger partial charge in [0, 0.05) is 0 Å². The number of rotatable bonds is 6. The van der Waals surface area contributed by atoms with Gasteiger partial charge in [-0.2, -0.15) is 0 Å². The molecule has 0 aliphatic rings. The first-order valence-corrected chi connectivity index (χ1v) is 6.38. The third-order valence-electron chi connectivity index (χ3n) is 2.53. The maximum absolute atomic E-state index is 10.9. The van der Waals surface area contributed by atoms with Crippen LogP contribution >= 0.6 is 11.6 Å². The molecule has 2 rings (SSSR count). The van der Waals surface area contributed by atoms with Crippen LogP contribution in [0.4, 0.5) is 0 Å². The monoisotopic (exact) mass is 292 g/mol. The van der Waals surface area contributed by atoms with Crippen LogP contribution in [0.25, 0.3) is 0 Å². The summed E-state index contributed by atoms with van der Waals surface area (Å²) in [6, 6.07) is 13.9. The summed E-state index contributed by atoms with van der Waals surface area (Å²) in [5, 5.41) is 9.13.